The van der Waals surface area contributed by atoms with E-state index in [4.69, 9.17) is 5.11 Å². The summed E-state index contributed by atoms with van der Waals surface area (Å²) in [5, 5.41) is 8.95. The van der Waals surface area contributed by atoms with Gasteiger partial charge >= 0.3 is 11.7 Å². The highest BCUT2D eigenvalue weighted by Gasteiger charge is 2.29. The summed E-state index contributed by atoms with van der Waals surface area (Å²) in [6.07, 6.45) is 1.10. The van der Waals surface area contributed by atoms with Crippen LogP contribution in [-0.4, -0.2) is 44.9 Å². The third-order valence-corrected chi connectivity index (χ3v) is 3.05. The summed E-state index contributed by atoms with van der Waals surface area (Å²) in [7, 11) is 0. The monoisotopic (exact) mass is 267 g/mol. The lowest BCUT2D eigenvalue weighted by molar-refractivity contribution is -0.143. The first-order valence-electron chi connectivity index (χ1n) is 5.83. The summed E-state index contributed by atoms with van der Waals surface area (Å²) in [4.78, 5) is 50.8. The second-order valence-electron chi connectivity index (χ2n) is 4.43. The first-order valence-corrected chi connectivity index (χ1v) is 5.83. The lowest BCUT2D eigenvalue weighted by Gasteiger charge is -2.30. The number of hydrogen-bond donors (Lipinski definition) is 3. The molecule has 1 atom stereocenters. The number of aromatic amines is 2. The molecule has 1 aliphatic heterocycles. The van der Waals surface area contributed by atoms with Gasteiger partial charge in [-0.25, -0.2) is 4.79 Å². The molecule has 2 rings (SSSR count). The number of piperidine rings is 1. The average molecular weight is 267 g/mol. The van der Waals surface area contributed by atoms with Crippen molar-refractivity contribution in [2.75, 3.05) is 13.1 Å². The van der Waals surface area contributed by atoms with Gasteiger partial charge in [0.15, 0.2) is 0 Å². The SMILES string of the molecule is O=C(O)C1CCCN(C(=O)c2cc(=O)[nH]c(=O)[nH]2)C1. The maximum atomic E-state index is 12.1. The smallest absolute Gasteiger partial charge is 0.326 e. The number of nitrogens with zero attached hydrogens (tertiary/aromatic N) is 1. The third kappa shape index (κ3) is 2.90. The van der Waals surface area contributed by atoms with Crippen LogP contribution in [0.2, 0.25) is 0 Å². The number of rotatable bonds is 2. The molecule has 1 aromatic heterocycles. The Balaban J connectivity index is 2.21. The van der Waals surface area contributed by atoms with Gasteiger partial charge in [-0.05, 0) is 12.8 Å². The van der Waals surface area contributed by atoms with Crippen LogP contribution in [-0.2, 0) is 4.79 Å². The number of likely N-dealkylation sites (tertiary alicyclic amines) is 1. The highest BCUT2D eigenvalue weighted by molar-refractivity contribution is 5.92. The lowest BCUT2D eigenvalue weighted by Crippen LogP contribution is -2.43. The molecule has 0 radical (unpaired) electrons. The zero-order valence-corrected chi connectivity index (χ0v) is 10.0. The van der Waals surface area contributed by atoms with Crippen LogP contribution in [0.15, 0.2) is 15.7 Å². The molecule has 1 fully saturated rings. The number of carbonyl (C=O) groups is 2. The lowest BCUT2D eigenvalue weighted by atomic mass is 9.98. The van der Waals surface area contributed by atoms with E-state index in [-0.39, 0.29) is 12.2 Å². The Morgan fingerprint density at radius 3 is 2.68 bits per heavy atom. The second kappa shape index (κ2) is 5.09. The van der Waals surface area contributed by atoms with Gasteiger partial charge in [0.2, 0.25) is 0 Å². The van der Waals surface area contributed by atoms with Crippen molar-refractivity contribution in [1.29, 1.82) is 0 Å². The highest BCUT2D eigenvalue weighted by Crippen LogP contribution is 2.17. The fourth-order valence-electron chi connectivity index (χ4n) is 2.12. The maximum Gasteiger partial charge on any atom is 0.326 e. The van der Waals surface area contributed by atoms with Crippen molar-refractivity contribution in [3.8, 4) is 0 Å². The zero-order valence-electron chi connectivity index (χ0n) is 10.0. The summed E-state index contributed by atoms with van der Waals surface area (Å²) in [6.45, 7) is 0.500. The van der Waals surface area contributed by atoms with Crippen LogP contribution in [0.1, 0.15) is 23.3 Å². The topological polar surface area (TPSA) is 123 Å². The molecule has 1 amide bonds. The molecular weight excluding hydrogens is 254 g/mol. The molecule has 1 saturated heterocycles. The average Bonchev–Trinajstić information content (AvgIpc) is 2.37. The molecule has 0 bridgehead atoms. The van der Waals surface area contributed by atoms with Crippen molar-refractivity contribution < 1.29 is 14.7 Å². The number of H-pyrrole nitrogens is 2. The van der Waals surface area contributed by atoms with Crippen LogP contribution in [0.25, 0.3) is 0 Å². The van der Waals surface area contributed by atoms with E-state index in [2.05, 4.69) is 4.98 Å². The molecule has 0 saturated carbocycles. The van der Waals surface area contributed by atoms with Crippen molar-refractivity contribution >= 4 is 11.9 Å². The van der Waals surface area contributed by atoms with E-state index >= 15 is 0 Å². The molecule has 8 nitrogen and oxygen atoms in total. The van der Waals surface area contributed by atoms with Gasteiger partial charge in [-0.1, -0.05) is 0 Å². The fourth-order valence-corrected chi connectivity index (χ4v) is 2.12. The van der Waals surface area contributed by atoms with Crippen molar-refractivity contribution in [2.24, 2.45) is 5.92 Å². The Morgan fingerprint density at radius 1 is 1.32 bits per heavy atom. The van der Waals surface area contributed by atoms with Gasteiger partial charge < -0.3 is 15.0 Å². The maximum absolute atomic E-state index is 12.1. The van der Waals surface area contributed by atoms with Crippen molar-refractivity contribution in [2.45, 2.75) is 12.8 Å². The molecule has 0 aliphatic carbocycles. The quantitative estimate of drug-likeness (QED) is 0.634. The number of aromatic nitrogens is 2. The van der Waals surface area contributed by atoms with Crippen LogP contribution in [0.3, 0.4) is 0 Å². The zero-order chi connectivity index (χ0) is 14.0. The van der Waals surface area contributed by atoms with Crippen LogP contribution >= 0.6 is 0 Å². The molecule has 2 heterocycles. The van der Waals surface area contributed by atoms with Crippen LogP contribution in [0, 0.1) is 5.92 Å². The summed E-state index contributed by atoms with van der Waals surface area (Å²) in [6, 6.07) is 0.994. The predicted molar refractivity (Wildman–Crippen MR) is 63.9 cm³/mol. The molecule has 1 aromatic rings. The number of carbonyl (C=O) groups excluding carboxylic acids is 1. The number of carboxylic acids is 1. The summed E-state index contributed by atoms with van der Waals surface area (Å²) in [5.41, 5.74) is -1.55. The Labute approximate surface area is 107 Å². The summed E-state index contributed by atoms with van der Waals surface area (Å²) < 4.78 is 0. The Kier molecular flexibility index (Phi) is 3.50. The fraction of sp³-hybridized carbons (Fsp3) is 0.455. The molecule has 102 valence electrons. The molecule has 0 aromatic carbocycles. The van der Waals surface area contributed by atoms with Crippen molar-refractivity contribution in [3.63, 3.8) is 0 Å². The predicted octanol–water partition coefficient (Wildman–Crippen LogP) is -1.000. The van der Waals surface area contributed by atoms with Crippen LogP contribution in [0.4, 0.5) is 0 Å². The molecule has 8 heteroatoms. The Morgan fingerprint density at radius 2 is 2.05 bits per heavy atom. The molecule has 0 spiro atoms. The van der Waals surface area contributed by atoms with Crippen molar-refractivity contribution in [1.82, 2.24) is 14.9 Å². The second-order valence-corrected chi connectivity index (χ2v) is 4.43. The number of carboxylic acid groups (broad SMARTS) is 1. The Bertz CT molecular complexity index is 589. The molecule has 3 N–H and O–H groups in total. The van der Waals surface area contributed by atoms with Crippen LogP contribution in [0.5, 0.6) is 0 Å². The van der Waals surface area contributed by atoms with E-state index in [1.54, 1.807) is 0 Å². The van der Waals surface area contributed by atoms with Gasteiger partial charge in [-0.2, -0.15) is 0 Å². The highest BCUT2D eigenvalue weighted by atomic mass is 16.4. The number of amides is 1. The van der Waals surface area contributed by atoms with Gasteiger partial charge in [0.25, 0.3) is 11.5 Å². The van der Waals surface area contributed by atoms with E-state index in [9.17, 15) is 19.2 Å². The normalized spacial score (nSPS) is 19.2. The van der Waals surface area contributed by atoms with Gasteiger partial charge in [-0.15, -0.1) is 0 Å². The van der Waals surface area contributed by atoms with Gasteiger partial charge in [-0.3, -0.25) is 19.4 Å². The van der Waals surface area contributed by atoms with Crippen LogP contribution < -0.4 is 11.2 Å². The summed E-state index contributed by atoms with van der Waals surface area (Å²) >= 11 is 0. The molecule has 19 heavy (non-hydrogen) atoms. The standard InChI is InChI=1S/C11H13N3O5/c15-8-4-7(12-11(19)13-8)9(16)14-3-1-2-6(5-14)10(17)18/h4,6H,1-3,5H2,(H,17,18)(H2,12,13,15,19). The molecular formula is C11H13N3O5. The van der Waals surface area contributed by atoms with E-state index < -0.39 is 29.0 Å². The minimum Gasteiger partial charge on any atom is -0.481 e. The molecule has 1 aliphatic rings. The van der Waals surface area contributed by atoms with Gasteiger partial charge in [0.05, 0.1) is 5.92 Å². The summed E-state index contributed by atoms with van der Waals surface area (Å²) in [5.74, 6) is -2.09. The van der Waals surface area contributed by atoms with Gasteiger partial charge in [0.1, 0.15) is 5.69 Å². The first kappa shape index (κ1) is 13.1. The van der Waals surface area contributed by atoms with E-state index in [0.29, 0.717) is 19.4 Å². The number of nitrogens with one attached hydrogen (secondary N) is 2. The third-order valence-electron chi connectivity index (χ3n) is 3.05. The minimum absolute atomic E-state index is 0.0863. The first-order chi connectivity index (χ1) is 8.97. The van der Waals surface area contributed by atoms with E-state index in [1.807, 2.05) is 4.98 Å². The van der Waals surface area contributed by atoms with Gasteiger partial charge in [0, 0.05) is 19.2 Å². The van der Waals surface area contributed by atoms with E-state index in [0.717, 1.165) is 6.07 Å². The van der Waals surface area contributed by atoms with Crippen molar-refractivity contribution in [3.05, 3.63) is 32.6 Å². The number of hydrogen-bond acceptors (Lipinski definition) is 4. The largest absolute Gasteiger partial charge is 0.481 e. The van der Waals surface area contributed by atoms with E-state index in [1.165, 1.54) is 4.90 Å². The number of aliphatic carboxylic acids is 1. The minimum atomic E-state index is -0.947. The Hall–Kier alpha value is -2.38. The molecule has 1 unspecified atom stereocenters.